The lowest BCUT2D eigenvalue weighted by molar-refractivity contribution is 0.602. The van der Waals surface area contributed by atoms with Gasteiger partial charge in [0, 0.05) is 12.8 Å². The molecule has 0 fully saturated rings. The highest BCUT2D eigenvalue weighted by Crippen LogP contribution is 2.38. The highest BCUT2D eigenvalue weighted by atomic mass is 32.2. The van der Waals surface area contributed by atoms with Crippen molar-refractivity contribution in [2.45, 2.75) is 37.5 Å². The molecule has 5 nitrogen and oxygen atoms in total. The lowest BCUT2D eigenvalue weighted by atomic mass is 10.2. The molecule has 0 aromatic carbocycles. The van der Waals surface area contributed by atoms with Gasteiger partial charge in [0.1, 0.15) is 20.8 Å². The Kier molecular flexibility index (Phi) is 5.63. The molecule has 0 radical (unpaired) electrons. The van der Waals surface area contributed by atoms with Crippen LogP contribution in [-0.2, 0) is 9.84 Å². The van der Waals surface area contributed by atoms with Crippen LogP contribution in [0.5, 0.6) is 0 Å². The minimum atomic E-state index is -3.43. The quantitative estimate of drug-likeness (QED) is 0.755. The lowest BCUT2D eigenvalue weighted by Gasteiger charge is -2.06. The molecule has 1 aromatic heterocycles. The predicted octanol–water partition coefficient (Wildman–Crippen LogP) is 2.60. The minimum Gasteiger partial charge on any atom is -0.396 e. The maximum absolute atomic E-state index is 11.7. The first-order chi connectivity index (χ1) is 8.91. The fourth-order valence-electron chi connectivity index (χ4n) is 1.75. The molecule has 0 saturated heterocycles. The first-order valence-corrected chi connectivity index (χ1v) is 8.88. The van der Waals surface area contributed by atoms with Crippen molar-refractivity contribution < 1.29 is 8.42 Å². The summed E-state index contributed by atoms with van der Waals surface area (Å²) in [5.74, 6) is 0. The van der Waals surface area contributed by atoms with E-state index in [2.05, 4.69) is 12.2 Å². The van der Waals surface area contributed by atoms with Crippen molar-refractivity contribution in [3.8, 4) is 6.07 Å². The van der Waals surface area contributed by atoms with Gasteiger partial charge in [-0.05, 0) is 6.42 Å². The third kappa shape index (κ3) is 4.11. The van der Waals surface area contributed by atoms with Gasteiger partial charge >= 0.3 is 0 Å². The monoisotopic (exact) mass is 301 g/mol. The summed E-state index contributed by atoms with van der Waals surface area (Å²) in [5, 5.41) is 12.5. The summed E-state index contributed by atoms with van der Waals surface area (Å²) in [6.07, 6.45) is 5.49. The molecule has 0 spiro atoms. The van der Waals surface area contributed by atoms with Crippen LogP contribution in [-0.4, -0.2) is 21.2 Å². The molecule has 0 atom stereocenters. The van der Waals surface area contributed by atoms with Gasteiger partial charge in [-0.25, -0.2) is 8.42 Å². The Morgan fingerprint density at radius 2 is 2.05 bits per heavy atom. The van der Waals surface area contributed by atoms with E-state index in [1.54, 1.807) is 0 Å². The second-order valence-electron chi connectivity index (χ2n) is 4.37. The molecule has 1 heterocycles. The molecule has 0 aliphatic heterocycles. The van der Waals surface area contributed by atoms with Gasteiger partial charge in [0.05, 0.1) is 5.69 Å². The van der Waals surface area contributed by atoms with Crippen molar-refractivity contribution >= 4 is 31.9 Å². The van der Waals surface area contributed by atoms with Crippen LogP contribution in [0.15, 0.2) is 4.90 Å². The normalized spacial score (nSPS) is 11.2. The van der Waals surface area contributed by atoms with Crippen molar-refractivity contribution in [3.05, 3.63) is 4.88 Å². The Hall–Kier alpha value is -1.26. The molecular weight excluding hydrogens is 282 g/mol. The Morgan fingerprint density at radius 3 is 2.58 bits per heavy atom. The summed E-state index contributed by atoms with van der Waals surface area (Å²) >= 11 is 1.10. The lowest BCUT2D eigenvalue weighted by Crippen LogP contribution is -2.06. The molecule has 19 heavy (non-hydrogen) atoms. The summed E-state index contributed by atoms with van der Waals surface area (Å²) < 4.78 is 23.4. The predicted molar refractivity (Wildman–Crippen MR) is 79.2 cm³/mol. The number of anilines is 2. The van der Waals surface area contributed by atoms with Gasteiger partial charge in [-0.2, -0.15) is 5.26 Å². The molecule has 106 valence electrons. The number of unbranched alkanes of at least 4 members (excludes halogenated alkanes) is 3. The molecule has 1 rings (SSSR count). The maximum Gasteiger partial charge on any atom is 0.180 e. The fraction of sp³-hybridized carbons (Fsp3) is 0.583. The topological polar surface area (TPSA) is 96.0 Å². The molecule has 7 heteroatoms. The van der Waals surface area contributed by atoms with E-state index in [9.17, 15) is 8.42 Å². The molecular formula is C12H19N3O2S2. The van der Waals surface area contributed by atoms with Crippen molar-refractivity contribution in [3.63, 3.8) is 0 Å². The molecule has 0 saturated carbocycles. The number of nitriles is 1. The number of thiophene rings is 1. The number of nitrogens with one attached hydrogen (secondary N) is 1. The Balaban J connectivity index is 2.86. The zero-order valence-electron chi connectivity index (χ0n) is 11.2. The van der Waals surface area contributed by atoms with E-state index < -0.39 is 9.84 Å². The first kappa shape index (κ1) is 15.8. The van der Waals surface area contributed by atoms with E-state index in [4.69, 9.17) is 11.0 Å². The number of sulfone groups is 1. The number of nitrogens with zero attached hydrogens (tertiary/aromatic N) is 1. The second-order valence-corrected chi connectivity index (χ2v) is 7.35. The standard InChI is InChI=1S/C12H19N3O2S2/c1-3-4-5-6-7-15-12-11(19(2,16)17)10(14)9(8-13)18-12/h15H,3-7,14H2,1-2H3. The number of rotatable bonds is 7. The molecule has 3 N–H and O–H groups in total. The van der Waals surface area contributed by atoms with Crippen molar-refractivity contribution in [1.29, 1.82) is 5.26 Å². The van der Waals surface area contributed by atoms with E-state index in [1.807, 2.05) is 6.07 Å². The number of nitrogens with two attached hydrogens (primary N) is 1. The maximum atomic E-state index is 11.7. The third-order valence-corrected chi connectivity index (χ3v) is 5.05. The molecule has 0 bridgehead atoms. The highest BCUT2D eigenvalue weighted by molar-refractivity contribution is 7.91. The summed E-state index contributed by atoms with van der Waals surface area (Å²) in [4.78, 5) is 0.307. The third-order valence-electron chi connectivity index (χ3n) is 2.69. The SMILES string of the molecule is CCCCCCNc1sc(C#N)c(N)c1S(C)(=O)=O. The first-order valence-electron chi connectivity index (χ1n) is 6.18. The molecule has 1 aromatic rings. The van der Waals surface area contributed by atoms with Crippen LogP contribution in [0.2, 0.25) is 0 Å². The Morgan fingerprint density at radius 1 is 1.37 bits per heavy atom. The molecule has 0 aliphatic carbocycles. The van der Waals surface area contributed by atoms with Crippen molar-refractivity contribution in [1.82, 2.24) is 0 Å². The van der Waals surface area contributed by atoms with Crippen LogP contribution in [0.4, 0.5) is 10.7 Å². The van der Waals surface area contributed by atoms with Gasteiger partial charge in [0.15, 0.2) is 9.84 Å². The van der Waals surface area contributed by atoms with E-state index in [0.717, 1.165) is 43.3 Å². The molecule has 0 unspecified atom stereocenters. The number of nitrogen functional groups attached to an aromatic ring is 1. The van der Waals surface area contributed by atoms with Crippen LogP contribution in [0.3, 0.4) is 0 Å². The minimum absolute atomic E-state index is 0.0598. The smallest absolute Gasteiger partial charge is 0.180 e. The largest absolute Gasteiger partial charge is 0.396 e. The zero-order valence-corrected chi connectivity index (χ0v) is 12.8. The molecule has 0 amide bonds. The number of hydrogen-bond acceptors (Lipinski definition) is 6. The van der Waals surface area contributed by atoms with E-state index in [1.165, 1.54) is 0 Å². The molecule has 0 aliphatic rings. The van der Waals surface area contributed by atoms with Gasteiger partial charge in [0.2, 0.25) is 0 Å². The van der Waals surface area contributed by atoms with Crippen LogP contribution in [0.1, 0.15) is 37.5 Å². The van der Waals surface area contributed by atoms with Crippen LogP contribution in [0.25, 0.3) is 0 Å². The second kappa shape index (κ2) is 6.78. The van der Waals surface area contributed by atoms with Crippen LogP contribution in [0, 0.1) is 11.3 Å². The van der Waals surface area contributed by atoms with E-state index in [-0.39, 0.29) is 15.5 Å². The van der Waals surface area contributed by atoms with Gasteiger partial charge in [-0.3, -0.25) is 0 Å². The summed E-state index contributed by atoms with van der Waals surface area (Å²) in [6.45, 7) is 2.82. The summed E-state index contributed by atoms with van der Waals surface area (Å²) in [7, 11) is -3.43. The van der Waals surface area contributed by atoms with Gasteiger partial charge in [0.25, 0.3) is 0 Å². The summed E-state index contributed by atoms with van der Waals surface area (Å²) in [5.41, 5.74) is 5.78. The number of hydrogen-bond donors (Lipinski definition) is 2. The van der Waals surface area contributed by atoms with Crippen molar-refractivity contribution in [2.75, 3.05) is 23.9 Å². The van der Waals surface area contributed by atoms with Gasteiger partial charge in [-0.15, -0.1) is 11.3 Å². The highest BCUT2D eigenvalue weighted by Gasteiger charge is 2.23. The summed E-state index contributed by atoms with van der Waals surface area (Å²) in [6, 6.07) is 1.93. The van der Waals surface area contributed by atoms with E-state index in [0.29, 0.717) is 11.5 Å². The van der Waals surface area contributed by atoms with Gasteiger partial charge in [-0.1, -0.05) is 26.2 Å². The van der Waals surface area contributed by atoms with Crippen LogP contribution < -0.4 is 11.1 Å². The van der Waals surface area contributed by atoms with Crippen LogP contribution >= 0.6 is 11.3 Å². The van der Waals surface area contributed by atoms with Gasteiger partial charge < -0.3 is 11.1 Å². The average Bonchev–Trinajstić information content (AvgIpc) is 2.65. The zero-order chi connectivity index (χ0) is 14.5. The Labute approximate surface area is 118 Å². The fourth-order valence-corrected chi connectivity index (χ4v) is 4.14. The van der Waals surface area contributed by atoms with Crippen molar-refractivity contribution in [2.24, 2.45) is 0 Å². The average molecular weight is 301 g/mol. The Bertz CT molecular complexity index is 571. The van der Waals surface area contributed by atoms with E-state index >= 15 is 0 Å².